The fourth-order valence-corrected chi connectivity index (χ4v) is 1.85. The van der Waals surface area contributed by atoms with Crippen molar-refractivity contribution >= 4 is 5.97 Å². The van der Waals surface area contributed by atoms with E-state index in [-0.39, 0.29) is 24.7 Å². The highest BCUT2D eigenvalue weighted by molar-refractivity contribution is 5.68. The van der Waals surface area contributed by atoms with Gasteiger partial charge in [-0.3, -0.25) is 4.90 Å². The summed E-state index contributed by atoms with van der Waals surface area (Å²) in [5, 5.41) is 17.3. The van der Waals surface area contributed by atoms with E-state index < -0.39 is 5.97 Å². The first-order chi connectivity index (χ1) is 6.95. The van der Waals surface area contributed by atoms with Crippen molar-refractivity contribution in [2.75, 3.05) is 32.8 Å². The number of aliphatic hydroxyl groups excluding tert-OH is 1. The molecule has 0 radical (unpaired) electrons. The van der Waals surface area contributed by atoms with Crippen LogP contribution >= 0.6 is 0 Å². The minimum atomic E-state index is -0.932. The molecule has 1 heterocycles. The Balaban J connectivity index is 2.19. The summed E-state index contributed by atoms with van der Waals surface area (Å²) in [5.74, 6) is -0.674. The summed E-state index contributed by atoms with van der Waals surface area (Å²) in [4.78, 5) is 12.5. The number of carboxylic acids is 1. The van der Waals surface area contributed by atoms with Gasteiger partial charge in [0.1, 0.15) is 6.61 Å². The molecule has 0 amide bonds. The van der Waals surface area contributed by atoms with Gasteiger partial charge >= 0.3 is 5.97 Å². The highest BCUT2D eigenvalue weighted by atomic mass is 16.5. The molecule has 1 fully saturated rings. The van der Waals surface area contributed by atoms with E-state index in [4.69, 9.17) is 14.9 Å². The SMILES string of the molecule is CC(CO)CN1CC(C)(OCC(=O)O)C1. The normalized spacial score (nSPS) is 22.1. The average molecular weight is 217 g/mol. The highest BCUT2D eigenvalue weighted by Crippen LogP contribution is 2.25. The van der Waals surface area contributed by atoms with Gasteiger partial charge < -0.3 is 14.9 Å². The van der Waals surface area contributed by atoms with E-state index >= 15 is 0 Å². The first kappa shape index (κ1) is 12.4. The van der Waals surface area contributed by atoms with E-state index in [2.05, 4.69) is 4.90 Å². The van der Waals surface area contributed by atoms with Crippen molar-refractivity contribution in [2.24, 2.45) is 5.92 Å². The molecule has 0 saturated carbocycles. The van der Waals surface area contributed by atoms with E-state index in [0.717, 1.165) is 19.6 Å². The lowest BCUT2D eigenvalue weighted by molar-refractivity contribution is -0.165. The van der Waals surface area contributed by atoms with Gasteiger partial charge in [0.15, 0.2) is 0 Å². The predicted molar refractivity (Wildman–Crippen MR) is 54.7 cm³/mol. The summed E-state index contributed by atoms with van der Waals surface area (Å²) in [7, 11) is 0. The van der Waals surface area contributed by atoms with Crippen LogP contribution in [0.15, 0.2) is 0 Å². The monoisotopic (exact) mass is 217 g/mol. The Morgan fingerprint density at radius 1 is 1.60 bits per heavy atom. The third-order valence-electron chi connectivity index (χ3n) is 2.54. The van der Waals surface area contributed by atoms with Gasteiger partial charge in [0.25, 0.3) is 0 Å². The summed E-state index contributed by atoms with van der Waals surface area (Å²) in [6.07, 6.45) is 0. The topological polar surface area (TPSA) is 70.0 Å². The Bertz CT molecular complexity index is 225. The van der Waals surface area contributed by atoms with Crippen LogP contribution in [0.2, 0.25) is 0 Å². The van der Waals surface area contributed by atoms with Crippen molar-refractivity contribution in [1.29, 1.82) is 0 Å². The van der Waals surface area contributed by atoms with Crippen LogP contribution in [0.1, 0.15) is 13.8 Å². The number of carbonyl (C=O) groups is 1. The molecule has 5 heteroatoms. The summed E-state index contributed by atoms with van der Waals surface area (Å²) in [5.41, 5.74) is -0.326. The zero-order valence-electron chi connectivity index (χ0n) is 9.27. The zero-order valence-corrected chi connectivity index (χ0v) is 9.27. The lowest BCUT2D eigenvalue weighted by Crippen LogP contribution is -2.62. The maximum atomic E-state index is 10.3. The zero-order chi connectivity index (χ0) is 11.5. The van der Waals surface area contributed by atoms with Crippen LogP contribution in [-0.2, 0) is 9.53 Å². The number of likely N-dealkylation sites (tertiary alicyclic amines) is 1. The summed E-state index contributed by atoms with van der Waals surface area (Å²) in [6, 6.07) is 0. The quantitative estimate of drug-likeness (QED) is 0.644. The van der Waals surface area contributed by atoms with E-state index in [1.165, 1.54) is 0 Å². The van der Waals surface area contributed by atoms with E-state index in [9.17, 15) is 4.79 Å². The largest absolute Gasteiger partial charge is 0.480 e. The number of ether oxygens (including phenoxy) is 1. The van der Waals surface area contributed by atoms with Crippen molar-refractivity contribution in [1.82, 2.24) is 4.90 Å². The Morgan fingerprint density at radius 2 is 2.20 bits per heavy atom. The van der Waals surface area contributed by atoms with Gasteiger partial charge in [-0.1, -0.05) is 6.92 Å². The molecule has 0 aliphatic carbocycles. The van der Waals surface area contributed by atoms with Gasteiger partial charge in [-0.25, -0.2) is 4.79 Å². The Hall–Kier alpha value is -0.650. The van der Waals surface area contributed by atoms with Crippen LogP contribution < -0.4 is 0 Å². The molecule has 1 unspecified atom stereocenters. The Kier molecular flexibility index (Phi) is 4.07. The van der Waals surface area contributed by atoms with Crippen molar-refractivity contribution < 1.29 is 19.7 Å². The first-order valence-electron chi connectivity index (χ1n) is 5.14. The molecule has 0 aromatic heterocycles. The molecule has 0 aromatic rings. The van der Waals surface area contributed by atoms with Gasteiger partial charge in [0.05, 0.1) is 5.60 Å². The van der Waals surface area contributed by atoms with Gasteiger partial charge in [-0.15, -0.1) is 0 Å². The fraction of sp³-hybridized carbons (Fsp3) is 0.900. The average Bonchev–Trinajstić information content (AvgIpc) is 2.12. The molecule has 1 atom stereocenters. The third-order valence-corrected chi connectivity index (χ3v) is 2.54. The fourth-order valence-electron chi connectivity index (χ4n) is 1.85. The second-order valence-electron chi connectivity index (χ2n) is 4.59. The number of hydrogen-bond acceptors (Lipinski definition) is 4. The molecule has 0 bridgehead atoms. The molecule has 88 valence electrons. The third kappa shape index (κ3) is 3.77. The van der Waals surface area contributed by atoms with Crippen molar-refractivity contribution in [3.8, 4) is 0 Å². The van der Waals surface area contributed by atoms with Gasteiger partial charge in [0, 0.05) is 26.2 Å². The summed E-state index contributed by atoms with van der Waals surface area (Å²) < 4.78 is 5.27. The maximum absolute atomic E-state index is 10.3. The molecule has 1 saturated heterocycles. The number of nitrogens with zero attached hydrogens (tertiary/aromatic N) is 1. The van der Waals surface area contributed by atoms with Crippen LogP contribution in [0, 0.1) is 5.92 Å². The van der Waals surface area contributed by atoms with E-state index in [0.29, 0.717) is 0 Å². The molecule has 1 aliphatic rings. The van der Waals surface area contributed by atoms with Crippen molar-refractivity contribution in [3.05, 3.63) is 0 Å². The second-order valence-corrected chi connectivity index (χ2v) is 4.59. The van der Waals surface area contributed by atoms with E-state index in [1.54, 1.807) is 0 Å². The summed E-state index contributed by atoms with van der Waals surface area (Å²) >= 11 is 0. The molecule has 15 heavy (non-hydrogen) atoms. The molecular formula is C10H19NO4. The number of rotatable bonds is 6. The van der Waals surface area contributed by atoms with Gasteiger partial charge in [-0.2, -0.15) is 0 Å². The molecule has 0 aromatic carbocycles. The van der Waals surface area contributed by atoms with Crippen molar-refractivity contribution in [2.45, 2.75) is 19.4 Å². The van der Waals surface area contributed by atoms with Crippen LogP contribution in [0.3, 0.4) is 0 Å². The molecular weight excluding hydrogens is 198 g/mol. The number of hydrogen-bond donors (Lipinski definition) is 2. The van der Waals surface area contributed by atoms with Crippen LogP contribution in [-0.4, -0.2) is 59.5 Å². The second kappa shape index (κ2) is 4.92. The number of carboxylic acid groups (broad SMARTS) is 1. The molecule has 2 N–H and O–H groups in total. The lowest BCUT2D eigenvalue weighted by Gasteiger charge is -2.48. The number of aliphatic carboxylic acids is 1. The Morgan fingerprint density at radius 3 is 2.67 bits per heavy atom. The van der Waals surface area contributed by atoms with E-state index in [1.807, 2.05) is 13.8 Å². The smallest absolute Gasteiger partial charge is 0.329 e. The minimum absolute atomic E-state index is 0.184. The van der Waals surface area contributed by atoms with Crippen LogP contribution in [0.5, 0.6) is 0 Å². The predicted octanol–water partition coefficient (Wildman–Crippen LogP) is -0.210. The molecule has 1 rings (SSSR count). The highest BCUT2D eigenvalue weighted by Gasteiger charge is 2.40. The minimum Gasteiger partial charge on any atom is -0.480 e. The first-order valence-corrected chi connectivity index (χ1v) is 5.14. The van der Waals surface area contributed by atoms with Crippen LogP contribution in [0.25, 0.3) is 0 Å². The van der Waals surface area contributed by atoms with Gasteiger partial charge in [0.2, 0.25) is 0 Å². The molecule has 1 aliphatic heterocycles. The van der Waals surface area contributed by atoms with Crippen molar-refractivity contribution in [3.63, 3.8) is 0 Å². The van der Waals surface area contributed by atoms with Crippen LogP contribution in [0.4, 0.5) is 0 Å². The van der Waals surface area contributed by atoms with Gasteiger partial charge in [-0.05, 0) is 12.8 Å². The number of aliphatic hydroxyl groups is 1. The molecule has 0 spiro atoms. The lowest BCUT2D eigenvalue weighted by atomic mass is 9.95. The summed E-state index contributed by atoms with van der Waals surface area (Å²) in [6.45, 7) is 6.16. The Labute approximate surface area is 89.6 Å². The standard InChI is InChI=1S/C10H19NO4/c1-8(4-12)3-11-6-10(2,7-11)15-5-9(13)14/h8,12H,3-7H2,1-2H3,(H,13,14). The molecule has 5 nitrogen and oxygen atoms in total. The maximum Gasteiger partial charge on any atom is 0.329 e.